The van der Waals surface area contributed by atoms with Gasteiger partial charge in [-0.3, -0.25) is 0 Å². The van der Waals surface area contributed by atoms with Gasteiger partial charge in [-0.1, -0.05) is 20.8 Å². The maximum absolute atomic E-state index is 9.58. The normalized spacial score (nSPS) is 38.9. The zero-order valence-electron chi connectivity index (χ0n) is 27.3. The molecule has 0 aromatic heterocycles. The van der Waals surface area contributed by atoms with Gasteiger partial charge in [-0.2, -0.15) is 0 Å². The van der Waals surface area contributed by atoms with Gasteiger partial charge in [0, 0.05) is 31.8 Å². The van der Waals surface area contributed by atoms with Crippen molar-refractivity contribution in [3.05, 3.63) is 0 Å². The van der Waals surface area contributed by atoms with Gasteiger partial charge in [-0.25, -0.2) is 0 Å². The predicted molar refractivity (Wildman–Crippen MR) is 183 cm³/mol. The Morgan fingerprint density at radius 2 is 1.40 bits per heavy atom. The van der Waals surface area contributed by atoms with Gasteiger partial charge >= 0.3 is 0 Å². The first-order valence-electron chi connectivity index (χ1n) is 16.9. The van der Waals surface area contributed by atoms with Crippen molar-refractivity contribution in [3.63, 3.8) is 0 Å². The van der Waals surface area contributed by atoms with Crippen molar-refractivity contribution >= 4 is 37.2 Å². The summed E-state index contributed by atoms with van der Waals surface area (Å²) in [6, 6.07) is 0. The third-order valence-corrected chi connectivity index (χ3v) is 12.3. The average molecular weight is 675 g/mol. The lowest BCUT2D eigenvalue weighted by Gasteiger charge is -2.65. The molecule has 7 N–H and O–H groups in total. The summed E-state index contributed by atoms with van der Waals surface area (Å²) >= 11 is 0. The number of nitrogens with two attached hydrogens (primary N) is 3. The summed E-state index contributed by atoms with van der Waals surface area (Å²) in [5.41, 5.74) is 18.0. The third-order valence-electron chi connectivity index (χ3n) is 12.3. The fourth-order valence-corrected chi connectivity index (χ4v) is 10.2. The molecule has 4 fully saturated rings. The fraction of sp³-hybridized carbons (Fsp3) is 1.00. The van der Waals surface area contributed by atoms with Crippen LogP contribution in [0.25, 0.3) is 0 Å². The van der Waals surface area contributed by atoms with Gasteiger partial charge in [-0.15, -0.1) is 37.2 Å². The summed E-state index contributed by atoms with van der Waals surface area (Å²) in [5, 5.41) is 9.58. The van der Waals surface area contributed by atoms with E-state index in [9.17, 15) is 5.11 Å². The monoisotopic (exact) mass is 673 g/mol. The molecule has 11 atom stereocenters. The molecule has 43 heavy (non-hydrogen) atoms. The Morgan fingerprint density at radius 1 is 0.767 bits per heavy atom. The molecule has 4 saturated carbocycles. The van der Waals surface area contributed by atoms with Crippen molar-refractivity contribution in [1.29, 1.82) is 0 Å². The molecule has 4 rings (SSSR count). The van der Waals surface area contributed by atoms with Crippen molar-refractivity contribution in [1.82, 2.24) is 0 Å². The van der Waals surface area contributed by atoms with E-state index in [2.05, 4.69) is 20.8 Å². The van der Waals surface area contributed by atoms with Crippen LogP contribution in [0, 0.1) is 46.3 Å². The lowest BCUT2D eigenvalue weighted by Crippen LogP contribution is -2.63. The zero-order chi connectivity index (χ0) is 28.8. The van der Waals surface area contributed by atoms with Crippen LogP contribution in [0.3, 0.4) is 0 Å². The smallest absolute Gasteiger partial charge is 0.0637 e. The Labute approximate surface area is 281 Å². The van der Waals surface area contributed by atoms with Crippen LogP contribution >= 0.6 is 37.2 Å². The van der Waals surface area contributed by atoms with Crippen LogP contribution in [0.1, 0.15) is 97.8 Å². The second-order valence-electron chi connectivity index (χ2n) is 14.3. The van der Waals surface area contributed by atoms with Gasteiger partial charge in [-0.05, 0) is 138 Å². The highest BCUT2D eigenvalue weighted by Gasteiger charge is 2.66. The highest BCUT2D eigenvalue weighted by atomic mass is 35.5. The molecule has 0 unspecified atom stereocenters. The topological polar surface area (TPSA) is 126 Å². The van der Waals surface area contributed by atoms with Gasteiger partial charge in [0.15, 0.2) is 0 Å². The van der Waals surface area contributed by atoms with E-state index in [1.165, 1.54) is 19.3 Å². The second kappa shape index (κ2) is 19.4. The molecule has 0 spiro atoms. The van der Waals surface area contributed by atoms with E-state index >= 15 is 0 Å². The Kier molecular flexibility index (Phi) is 18.8. The van der Waals surface area contributed by atoms with E-state index in [0.29, 0.717) is 72.8 Å². The summed E-state index contributed by atoms with van der Waals surface area (Å²) in [6.45, 7) is 12.2. The Bertz CT molecular complexity index is 773. The Hall–Kier alpha value is 0.590. The lowest BCUT2D eigenvalue weighted by molar-refractivity contribution is -0.227. The van der Waals surface area contributed by atoms with E-state index in [4.69, 9.17) is 31.4 Å². The highest BCUT2D eigenvalue weighted by molar-refractivity contribution is 5.86. The molecular formula is C33H66Cl3N3O4. The van der Waals surface area contributed by atoms with Crippen LogP contribution in [-0.4, -0.2) is 69.5 Å². The van der Waals surface area contributed by atoms with Crippen molar-refractivity contribution in [3.8, 4) is 0 Å². The molecular weight excluding hydrogens is 609 g/mol. The van der Waals surface area contributed by atoms with E-state index in [0.717, 1.165) is 77.6 Å². The van der Waals surface area contributed by atoms with Gasteiger partial charge in [0.2, 0.25) is 0 Å². The summed E-state index contributed by atoms with van der Waals surface area (Å²) in [6.07, 6.45) is 14.0. The molecule has 0 bridgehead atoms. The van der Waals surface area contributed by atoms with E-state index in [-0.39, 0.29) is 55.3 Å². The molecule has 0 amide bonds. The summed E-state index contributed by atoms with van der Waals surface area (Å²) in [4.78, 5) is 0. The van der Waals surface area contributed by atoms with Crippen molar-refractivity contribution in [2.24, 2.45) is 63.5 Å². The molecule has 0 aromatic carbocycles. The number of ether oxygens (including phenoxy) is 3. The van der Waals surface area contributed by atoms with Crippen LogP contribution in [0.15, 0.2) is 0 Å². The fourth-order valence-electron chi connectivity index (χ4n) is 10.2. The van der Waals surface area contributed by atoms with Gasteiger partial charge in [0.1, 0.15) is 0 Å². The molecule has 258 valence electrons. The maximum atomic E-state index is 9.58. The maximum Gasteiger partial charge on any atom is 0.0637 e. The van der Waals surface area contributed by atoms with Crippen LogP contribution in [0.2, 0.25) is 0 Å². The third kappa shape index (κ3) is 8.94. The van der Waals surface area contributed by atoms with E-state index in [1.807, 2.05) is 0 Å². The average Bonchev–Trinajstić information content (AvgIpc) is 3.31. The summed E-state index contributed by atoms with van der Waals surface area (Å²) in [7, 11) is 0. The largest absolute Gasteiger partial charge is 0.396 e. The van der Waals surface area contributed by atoms with Gasteiger partial charge in [0.05, 0.1) is 18.3 Å². The van der Waals surface area contributed by atoms with Crippen LogP contribution in [0.4, 0.5) is 0 Å². The van der Waals surface area contributed by atoms with Crippen molar-refractivity contribution < 1.29 is 19.3 Å². The minimum absolute atomic E-state index is 0. The first-order valence-corrected chi connectivity index (χ1v) is 16.9. The molecule has 4 aliphatic carbocycles. The number of aliphatic hydroxyl groups excluding tert-OH is 1. The second-order valence-corrected chi connectivity index (χ2v) is 14.3. The zero-order valence-corrected chi connectivity index (χ0v) is 29.7. The standard InChI is InChI=1S/C33H63N3O4.3ClH/c1-23(8-4-16-37)26-9-10-27-31-28(22-30(33(26,27)3)40-19-7-15-36)32(2)12-11-25(38-17-5-13-34)20-24(32)21-29(31)39-18-6-14-35;;;/h23-31,37H,4-22,34-36H2,1-3H3;3*1H/t23-,24+,25-,26-,27+,28+,29-,30+,31+,32+,33-;;;/m1.../s1. The number of halogens is 3. The van der Waals surface area contributed by atoms with E-state index < -0.39 is 0 Å². The molecule has 0 aromatic rings. The molecule has 0 radical (unpaired) electrons. The number of rotatable bonds is 16. The van der Waals surface area contributed by atoms with Gasteiger partial charge in [0.25, 0.3) is 0 Å². The lowest BCUT2D eigenvalue weighted by atomic mass is 9.43. The molecule has 7 nitrogen and oxygen atoms in total. The summed E-state index contributed by atoms with van der Waals surface area (Å²) in [5.74, 6) is 3.60. The number of fused-ring (bicyclic) bond motifs is 5. The summed E-state index contributed by atoms with van der Waals surface area (Å²) < 4.78 is 20.1. The number of aliphatic hydroxyl groups is 1. The minimum Gasteiger partial charge on any atom is -0.396 e. The Morgan fingerprint density at radius 3 is 2.02 bits per heavy atom. The first kappa shape index (κ1) is 41.6. The van der Waals surface area contributed by atoms with Crippen molar-refractivity contribution in [2.75, 3.05) is 46.1 Å². The number of hydrogen-bond acceptors (Lipinski definition) is 7. The van der Waals surface area contributed by atoms with Gasteiger partial charge < -0.3 is 36.5 Å². The molecule has 0 heterocycles. The van der Waals surface area contributed by atoms with Crippen LogP contribution in [0.5, 0.6) is 0 Å². The predicted octanol–water partition coefficient (Wildman–Crippen LogP) is 5.74. The first-order chi connectivity index (χ1) is 19.3. The van der Waals surface area contributed by atoms with Crippen molar-refractivity contribution in [2.45, 2.75) is 116 Å². The van der Waals surface area contributed by atoms with Crippen LogP contribution < -0.4 is 17.2 Å². The molecule has 4 aliphatic rings. The quantitative estimate of drug-likeness (QED) is 0.154. The molecule has 0 saturated heterocycles. The minimum atomic E-state index is 0. The highest BCUT2D eigenvalue weighted by Crippen LogP contribution is 2.69. The molecule has 0 aliphatic heterocycles. The Balaban J connectivity index is 0.00000308. The van der Waals surface area contributed by atoms with Crippen LogP contribution in [-0.2, 0) is 14.2 Å². The SMILES string of the molecule is C[C@H](CCCO)[C@H]1CC[C@H]2[C@@H]3[C@H](OCCCN)C[C@@H]4C[C@H](OCCCN)CC[C@]4(C)[C@H]3C[C@H](OCCCN)[C@]12C.Cl.Cl.Cl. The van der Waals surface area contributed by atoms with E-state index in [1.54, 1.807) is 0 Å². The number of hydrogen-bond donors (Lipinski definition) is 4. The molecule has 10 heteroatoms.